The third kappa shape index (κ3) is 3.15. The number of nitrogens with one attached hydrogen (secondary N) is 1. The van der Waals surface area contributed by atoms with Gasteiger partial charge in [-0.15, -0.1) is 0 Å². The lowest BCUT2D eigenvalue weighted by molar-refractivity contribution is -0.151. The Balaban J connectivity index is 2.05. The monoisotopic (exact) mass is 280 g/mol. The zero-order valence-corrected chi connectivity index (χ0v) is 13.0. The van der Waals surface area contributed by atoms with Crippen LogP contribution in [0.25, 0.3) is 0 Å². The van der Waals surface area contributed by atoms with Gasteiger partial charge in [-0.3, -0.25) is 9.59 Å². The van der Waals surface area contributed by atoms with Gasteiger partial charge < -0.3 is 10.2 Å². The second kappa shape index (κ2) is 6.59. The molecule has 2 unspecified atom stereocenters. The summed E-state index contributed by atoms with van der Waals surface area (Å²) in [5, 5.41) is 2.88. The number of hydrogen-bond donors (Lipinski definition) is 1. The minimum absolute atomic E-state index is 0.0258. The van der Waals surface area contributed by atoms with Crippen LogP contribution in [0.4, 0.5) is 0 Å². The maximum Gasteiger partial charge on any atom is 0.245 e. The van der Waals surface area contributed by atoms with Gasteiger partial charge in [0.1, 0.15) is 12.1 Å². The first kappa shape index (κ1) is 15.3. The van der Waals surface area contributed by atoms with Crippen LogP contribution in [0.3, 0.4) is 0 Å². The topological polar surface area (TPSA) is 49.4 Å². The van der Waals surface area contributed by atoms with Crippen LogP contribution in [0.1, 0.15) is 59.3 Å². The summed E-state index contributed by atoms with van der Waals surface area (Å²) in [5.41, 5.74) is 0. The molecular formula is C16H28N2O2. The molecule has 1 saturated carbocycles. The van der Waals surface area contributed by atoms with E-state index in [0.717, 1.165) is 18.9 Å². The molecule has 20 heavy (non-hydrogen) atoms. The SMILES string of the molecule is CCC1NC(=O)C(C(C)C)N(CCC2CCCC2)C1=O. The maximum atomic E-state index is 12.5. The lowest BCUT2D eigenvalue weighted by Crippen LogP contribution is -2.64. The third-order valence-corrected chi connectivity index (χ3v) is 4.79. The van der Waals surface area contributed by atoms with E-state index >= 15 is 0 Å². The van der Waals surface area contributed by atoms with Crippen molar-refractivity contribution in [3.8, 4) is 0 Å². The standard InChI is InChI=1S/C16H28N2O2/c1-4-13-16(20)18(10-9-12-7-5-6-8-12)14(11(2)3)15(19)17-13/h11-14H,4-10H2,1-3H3,(H,17,19). The van der Waals surface area contributed by atoms with Crippen LogP contribution in [0.2, 0.25) is 0 Å². The summed E-state index contributed by atoms with van der Waals surface area (Å²) >= 11 is 0. The molecule has 1 heterocycles. The van der Waals surface area contributed by atoms with Gasteiger partial charge in [0.15, 0.2) is 0 Å². The molecule has 1 N–H and O–H groups in total. The van der Waals surface area contributed by atoms with Gasteiger partial charge >= 0.3 is 0 Å². The average Bonchev–Trinajstić information content (AvgIpc) is 2.91. The Bertz CT molecular complexity index is 361. The molecule has 114 valence electrons. The van der Waals surface area contributed by atoms with Crippen LogP contribution in [0, 0.1) is 11.8 Å². The summed E-state index contributed by atoms with van der Waals surface area (Å²) in [6, 6.07) is -0.604. The fraction of sp³-hybridized carbons (Fsp3) is 0.875. The first-order chi connectivity index (χ1) is 9.54. The molecule has 2 fully saturated rings. The van der Waals surface area contributed by atoms with Crippen molar-refractivity contribution in [1.29, 1.82) is 0 Å². The lowest BCUT2D eigenvalue weighted by Gasteiger charge is -2.41. The molecule has 2 amide bonds. The number of hydrogen-bond acceptors (Lipinski definition) is 2. The van der Waals surface area contributed by atoms with E-state index in [4.69, 9.17) is 0 Å². The summed E-state index contributed by atoms with van der Waals surface area (Å²) in [6.07, 6.45) is 6.96. The quantitative estimate of drug-likeness (QED) is 0.840. The molecule has 0 aromatic carbocycles. The van der Waals surface area contributed by atoms with Crippen molar-refractivity contribution in [3.63, 3.8) is 0 Å². The number of piperazine rings is 1. The zero-order chi connectivity index (χ0) is 14.7. The Hall–Kier alpha value is -1.06. The van der Waals surface area contributed by atoms with Crippen LogP contribution < -0.4 is 5.32 Å². The fourth-order valence-electron chi connectivity index (χ4n) is 3.61. The molecule has 0 bridgehead atoms. The molecule has 1 saturated heterocycles. The zero-order valence-electron chi connectivity index (χ0n) is 13.0. The third-order valence-electron chi connectivity index (χ3n) is 4.79. The molecule has 4 nitrogen and oxygen atoms in total. The van der Waals surface area contributed by atoms with Crippen molar-refractivity contribution < 1.29 is 9.59 Å². The van der Waals surface area contributed by atoms with Crippen molar-refractivity contribution in [2.45, 2.75) is 71.4 Å². The summed E-state index contributed by atoms with van der Waals surface area (Å²) in [5.74, 6) is 1.06. The predicted octanol–water partition coefficient (Wildman–Crippen LogP) is 2.33. The van der Waals surface area contributed by atoms with Crippen molar-refractivity contribution in [3.05, 3.63) is 0 Å². The normalized spacial score (nSPS) is 28.3. The van der Waals surface area contributed by atoms with Gasteiger partial charge in [-0.2, -0.15) is 0 Å². The Labute approximate surface area is 122 Å². The van der Waals surface area contributed by atoms with Gasteiger partial charge in [-0.25, -0.2) is 0 Å². The van der Waals surface area contributed by atoms with Gasteiger partial charge in [-0.1, -0.05) is 46.5 Å². The maximum absolute atomic E-state index is 12.5. The average molecular weight is 280 g/mol. The van der Waals surface area contributed by atoms with Gasteiger partial charge in [0.25, 0.3) is 0 Å². The lowest BCUT2D eigenvalue weighted by atomic mass is 9.94. The van der Waals surface area contributed by atoms with E-state index in [1.165, 1.54) is 25.7 Å². The van der Waals surface area contributed by atoms with Gasteiger partial charge in [0.2, 0.25) is 11.8 Å². The fourth-order valence-corrected chi connectivity index (χ4v) is 3.61. The number of amides is 2. The van der Waals surface area contributed by atoms with E-state index in [0.29, 0.717) is 6.42 Å². The molecular weight excluding hydrogens is 252 g/mol. The number of carbonyl (C=O) groups is 2. The summed E-state index contributed by atoms with van der Waals surface area (Å²) in [4.78, 5) is 26.6. The number of rotatable bonds is 5. The summed E-state index contributed by atoms with van der Waals surface area (Å²) in [6.45, 7) is 6.74. The van der Waals surface area contributed by atoms with Crippen molar-refractivity contribution in [2.75, 3.05) is 6.54 Å². The molecule has 0 aromatic heterocycles. The first-order valence-electron chi connectivity index (χ1n) is 8.15. The van der Waals surface area contributed by atoms with Gasteiger partial charge in [0, 0.05) is 6.54 Å². The second-order valence-electron chi connectivity index (χ2n) is 6.63. The molecule has 2 aliphatic rings. The minimum atomic E-state index is -0.318. The van der Waals surface area contributed by atoms with Crippen molar-refractivity contribution in [2.24, 2.45) is 11.8 Å². The summed E-state index contributed by atoms with van der Waals surface area (Å²) in [7, 11) is 0. The van der Waals surface area contributed by atoms with Crippen LogP contribution in [0.5, 0.6) is 0 Å². The molecule has 2 atom stereocenters. The van der Waals surface area contributed by atoms with Crippen LogP contribution in [-0.2, 0) is 9.59 Å². The van der Waals surface area contributed by atoms with E-state index in [1.54, 1.807) is 0 Å². The first-order valence-corrected chi connectivity index (χ1v) is 8.15. The van der Waals surface area contributed by atoms with Crippen LogP contribution >= 0.6 is 0 Å². The molecule has 2 rings (SSSR count). The van der Waals surface area contributed by atoms with Gasteiger partial charge in [-0.05, 0) is 24.7 Å². The largest absolute Gasteiger partial charge is 0.343 e. The van der Waals surface area contributed by atoms with E-state index < -0.39 is 0 Å². The highest BCUT2D eigenvalue weighted by Gasteiger charge is 2.41. The molecule has 1 aliphatic carbocycles. The van der Waals surface area contributed by atoms with E-state index in [9.17, 15) is 9.59 Å². The highest BCUT2D eigenvalue weighted by atomic mass is 16.2. The Morgan fingerprint density at radius 3 is 2.45 bits per heavy atom. The molecule has 1 aliphatic heterocycles. The molecule has 0 spiro atoms. The molecule has 0 aromatic rings. The summed E-state index contributed by atoms with van der Waals surface area (Å²) < 4.78 is 0. The minimum Gasteiger partial charge on any atom is -0.343 e. The Morgan fingerprint density at radius 1 is 1.25 bits per heavy atom. The van der Waals surface area contributed by atoms with E-state index in [1.807, 2.05) is 25.7 Å². The molecule has 4 heteroatoms. The smallest absolute Gasteiger partial charge is 0.245 e. The number of carbonyl (C=O) groups excluding carboxylic acids is 2. The highest BCUT2D eigenvalue weighted by molar-refractivity contribution is 5.97. The van der Waals surface area contributed by atoms with Crippen molar-refractivity contribution in [1.82, 2.24) is 10.2 Å². The Morgan fingerprint density at radius 2 is 1.90 bits per heavy atom. The molecule has 0 radical (unpaired) electrons. The van der Waals surface area contributed by atoms with Crippen LogP contribution in [-0.4, -0.2) is 35.3 Å². The van der Waals surface area contributed by atoms with E-state index in [2.05, 4.69) is 5.32 Å². The predicted molar refractivity (Wildman–Crippen MR) is 79.1 cm³/mol. The number of nitrogens with zero attached hydrogens (tertiary/aromatic N) is 1. The Kier molecular flexibility index (Phi) is 5.06. The second-order valence-corrected chi connectivity index (χ2v) is 6.63. The van der Waals surface area contributed by atoms with Crippen LogP contribution in [0.15, 0.2) is 0 Å². The highest BCUT2D eigenvalue weighted by Crippen LogP contribution is 2.29. The van der Waals surface area contributed by atoms with Gasteiger partial charge in [0.05, 0.1) is 0 Å². The van der Waals surface area contributed by atoms with Crippen molar-refractivity contribution >= 4 is 11.8 Å². The van der Waals surface area contributed by atoms with E-state index in [-0.39, 0.29) is 29.8 Å².